The van der Waals surface area contributed by atoms with Crippen LogP contribution >= 0.6 is 0 Å². The van der Waals surface area contributed by atoms with Crippen LogP contribution in [0, 0.1) is 18.8 Å². The van der Waals surface area contributed by atoms with E-state index in [1.807, 2.05) is 25.1 Å². The van der Waals surface area contributed by atoms with Crippen LogP contribution in [-0.4, -0.2) is 89.3 Å². The number of piperidine rings is 1. The lowest BCUT2D eigenvalue weighted by Crippen LogP contribution is -2.54. The van der Waals surface area contributed by atoms with Crippen molar-refractivity contribution in [2.45, 2.75) is 91.0 Å². The molecule has 0 spiro atoms. The van der Waals surface area contributed by atoms with Gasteiger partial charge in [-0.3, -0.25) is 24.4 Å². The molecule has 260 valence electrons. The highest BCUT2D eigenvalue weighted by Crippen LogP contribution is 2.43. The number of ether oxygens (including phenoxy) is 3. The van der Waals surface area contributed by atoms with Crippen LogP contribution in [0.15, 0.2) is 30.6 Å². The predicted molar refractivity (Wildman–Crippen MR) is 179 cm³/mol. The van der Waals surface area contributed by atoms with Crippen LogP contribution < -0.4 is 19.9 Å². The topological polar surface area (TPSA) is 144 Å². The molecule has 1 aromatic carbocycles. The first-order valence-corrected chi connectivity index (χ1v) is 16.7. The second-order valence-electron chi connectivity index (χ2n) is 14.4. The highest BCUT2D eigenvalue weighted by atomic mass is 16.6. The molecule has 13 nitrogen and oxygen atoms in total. The molecule has 2 atom stereocenters. The minimum Gasteiger partial charge on any atom is -0.476 e. The van der Waals surface area contributed by atoms with Gasteiger partial charge in [-0.15, -0.1) is 0 Å². The fraction of sp³-hybridized carbons (Fsp3) is 0.600. The summed E-state index contributed by atoms with van der Waals surface area (Å²) >= 11 is 0. The largest absolute Gasteiger partial charge is 0.476 e. The van der Waals surface area contributed by atoms with Gasteiger partial charge in [-0.1, -0.05) is 0 Å². The van der Waals surface area contributed by atoms with Crippen LogP contribution in [0.1, 0.15) is 71.7 Å². The van der Waals surface area contributed by atoms with Gasteiger partial charge in [0.25, 0.3) is 5.91 Å². The zero-order valence-corrected chi connectivity index (χ0v) is 29.1. The van der Waals surface area contributed by atoms with E-state index in [9.17, 15) is 19.2 Å². The highest BCUT2D eigenvalue weighted by Gasteiger charge is 2.45. The molecule has 0 radical (unpaired) electrons. The summed E-state index contributed by atoms with van der Waals surface area (Å²) in [6, 6.07) is 5.46. The van der Waals surface area contributed by atoms with Crippen molar-refractivity contribution in [3.05, 3.63) is 42.0 Å². The van der Waals surface area contributed by atoms with Gasteiger partial charge in [-0.2, -0.15) is 0 Å². The number of nitrogens with one attached hydrogen (secondary N) is 1. The lowest BCUT2D eigenvalue weighted by Gasteiger charge is -2.40. The van der Waals surface area contributed by atoms with Crippen LogP contribution in [-0.2, 0) is 30.4 Å². The average Bonchev–Trinajstić information content (AvgIpc) is 3.87. The van der Waals surface area contributed by atoms with Gasteiger partial charge in [-0.25, -0.2) is 4.79 Å². The normalized spacial score (nSPS) is 20.4. The Morgan fingerprint density at radius 3 is 2.48 bits per heavy atom. The molecule has 0 unspecified atom stereocenters. The molecule has 1 N–H and O–H groups in total. The Kier molecular flexibility index (Phi) is 10.3. The summed E-state index contributed by atoms with van der Waals surface area (Å²) in [6.45, 7) is 12.0. The Bertz CT molecular complexity index is 1520. The monoisotopic (exact) mass is 664 g/mol. The van der Waals surface area contributed by atoms with Crippen molar-refractivity contribution >= 4 is 35.2 Å². The number of aryl methyl sites for hydroxylation is 1. The molecule has 48 heavy (non-hydrogen) atoms. The van der Waals surface area contributed by atoms with Crippen LogP contribution in [0.25, 0.3) is 0 Å². The van der Waals surface area contributed by atoms with E-state index in [2.05, 4.69) is 15.3 Å². The molecule has 4 amide bonds. The number of anilines is 2. The van der Waals surface area contributed by atoms with E-state index in [-0.39, 0.29) is 49.8 Å². The predicted octanol–water partition coefficient (Wildman–Crippen LogP) is 4.01. The number of carbonyl (C=O) groups excluding carboxylic acids is 4. The van der Waals surface area contributed by atoms with Crippen LogP contribution in [0.3, 0.4) is 0 Å². The van der Waals surface area contributed by atoms with Crippen molar-refractivity contribution in [2.75, 3.05) is 43.2 Å². The van der Waals surface area contributed by atoms with Crippen molar-refractivity contribution < 1.29 is 33.4 Å². The van der Waals surface area contributed by atoms with E-state index in [1.54, 1.807) is 63.9 Å². The van der Waals surface area contributed by atoms with E-state index in [0.29, 0.717) is 42.4 Å². The van der Waals surface area contributed by atoms with Gasteiger partial charge in [0, 0.05) is 51.3 Å². The maximum atomic E-state index is 14.5. The number of aromatic nitrogens is 2. The third-order valence-corrected chi connectivity index (χ3v) is 8.62. The molecule has 2 aliphatic heterocycles. The van der Waals surface area contributed by atoms with Crippen LogP contribution in [0.4, 0.5) is 16.2 Å². The zero-order chi connectivity index (χ0) is 34.8. The Hall–Kier alpha value is -4.26. The third-order valence-electron chi connectivity index (χ3n) is 8.62. The lowest BCUT2D eigenvalue weighted by molar-refractivity contribution is -0.133. The number of amides is 4. The summed E-state index contributed by atoms with van der Waals surface area (Å²) < 4.78 is 17.0. The molecule has 5 rings (SSSR count). The van der Waals surface area contributed by atoms with Gasteiger partial charge in [0.2, 0.25) is 11.8 Å². The molecule has 1 saturated heterocycles. The number of rotatable bonds is 10. The molecule has 13 heteroatoms. The number of benzene rings is 1. The summed E-state index contributed by atoms with van der Waals surface area (Å²) in [5, 5.41) is 2.92. The molecule has 2 fully saturated rings. The van der Waals surface area contributed by atoms with Gasteiger partial charge in [0.1, 0.15) is 11.4 Å². The van der Waals surface area contributed by atoms with E-state index in [0.717, 1.165) is 18.5 Å². The first-order valence-electron chi connectivity index (χ1n) is 16.7. The number of carbonyl (C=O) groups is 4. The first-order chi connectivity index (χ1) is 22.7. The van der Waals surface area contributed by atoms with Crippen molar-refractivity contribution in [3.8, 4) is 5.75 Å². The molecule has 1 saturated carbocycles. The van der Waals surface area contributed by atoms with Gasteiger partial charge in [0.05, 0.1) is 41.7 Å². The van der Waals surface area contributed by atoms with Gasteiger partial charge >= 0.3 is 6.09 Å². The number of methoxy groups -OCH3 is 1. The minimum absolute atomic E-state index is 0.0292. The SMILES string of the molecule is COCCCN1C(=O)C(C)(C)Oc2ccc(N(C(=O)[C@@H]3C[C@H](C(=O)NCc4cnc(C)cn4)CN(C(=O)OC(C)(C)C)C3)C3CC3)cc21. The third kappa shape index (κ3) is 8.23. The second-order valence-corrected chi connectivity index (χ2v) is 14.4. The molecular weight excluding hydrogens is 616 g/mol. The van der Waals surface area contributed by atoms with Crippen LogP contribution in [0.5, 0.6) is 5.75 Å². The summed E-state index contributed by atoms with van der Waals surface area (Å²) in [7, 11) is 1.62. The Balaban J connectivity index is 1.41. The summed E-state index contributed by atoms with van der Waals surface area (Å²) in [4.78, 5) is 68.3. The molecular formula is C35H48N6O7. The zero-order valence-electron chi connectivity index (χ0n) is 29.1. The van der Waals surface area contributed by atoms with Crippen LogP contribution in [0.2, 0.25) is 0 Å². The average molecular weight is 665 g/mol. The smallest absolute Gasteiger partial charge is 0.410 e. The molecule has 1 aromatic heterocycles. The maximum Gasteiger partial charge on any atom is 0.410 e. The molecule has 3 aliphatic rings. The Morgan fingerprint density at radius 1 is 1.10 bits per heavy atom. The summed E-state index contributed by atoms with van der Waals surface area (Å²) in [5.41, 5.74) is 0.831. The van der Waals surface area contributed by atoms with Crippen molar-refractivity contribution in [1.29, 1.82) is 0 Å². The number of fused-ring (bicyclic) bond motifs is 1. The van der Waals surface area contributed by atoms with E-state index >= 15 is 0 Å². The number of likely N-dealkylation sites (tertiary alicyclic amines) is 1. The second kappa shape index (κ2) is 14.1. The van der Waals surface area contributed by atoms with Gasteiger partial charge in [0.15, 0.2) is 5.60 Å². The van der Waals surface area contributed by atoms with E-state index in [4.69, 9.17) is 14.2 Å². The molecule has 0 bridgehead atoms. The maximum absolute atomic E-state index is 14.5. The minimum atomic E-state index is -1.04. The fourth-order valence-electron chi connectivity index (χ4n) is 6.12. The lowest BCUT2D eigenvalue weighted by atomic mass is 9.87. The quantitative estimate of drug-likeness (QED) is 0.373. The Morgan fingerprint density at radius 2 is 1.83 bits per heavy atom. The van der Waals surface area contributed by atoms with Crippen molar-refractivity contribution in [1.82, 2.24) is 20.2 Å². The highest BCUT2D eigenvalue weighted by molar-refractivity contribution is 6.04. The Labute approximate surface area is 282 Å². The number of hydrogen-bond acceptors (Lipinski definition) is 9. The van der Waals surface area contributed by atoms with Crippen molar-refractivity contribution in [3.63, 3.8) is 0 Å². The van der Waals surface area contributed by atoms with E-state index in [1.165, 1.54) is 4.90 Å². The molecule has 1 aliphatic carbocycles. The fourth-order valence-corrected chi connectivity index (χ4v) is 6.12. The van der Waals surface area contributed by atoms with Gasteiger partial charge < -0.3 is 34.2 Å². The summed E-state index contributed by atoms with van der Waals surface area (Å²) in [6.07, 6.45) is 5.22. The van der Waals surface area contributed by atoms with E-state index < -0.39 is 29.1 Å². The first kappa shape index (κ1) is 35.1. The van der Waals surface area contributed by atoms with Crippen molar-refractivity contribution in [2.24, 2.45) is 11.8 Å². The summed E-state index contributed by atoms with van der Waals surface area (Å²) in [5.74, 6) is -1.37. The van der Waals surface area contributed by atoms with Gasteiger partial charge in [-0.05, 0) is 85.4 Å². The molecule has 2 aromatic rings. The standard InChI is InChI=1S/C35H48N6O7/c1-22-17-37-25(18-36-22)19-38-30(42)23-15-24(21-39(20-23)33(45)48-34(2,3)4)31(43)41(26-9-10-26)27-11-12-29-28(16-27)40(13-8-14-46-7)32(44)35(5,6)47-29/h11-12,16-18,23-24,26H,8-10,13-15,19-21H2,1-7H3,(H,38,42)/t23-,24+/m0/s1. The number of hydrogen-bond donors (Lipinski definition) is 1. The number of nitrogens with zero attached hydrogens (tertiary/aromatic N) is 5. The molecule has 3 heterocycles.